The molecule has 0 atom stereocenters. The van der Waals surface area contributed by atoms with Crippen LogP contribution >= 0.6 is 0 Å². The molecule has 0 amide bonds. The van der Waals surface area contributed by atoms with E-state index in [0.717, 1.165) is 0 Å². The molecular weight excluding hydrogens is 170 g/mol. The lowest BCUT2D eigenvalue weighted by Gasteiger charge is -1.94. The minimum atomic E-state index is -0.319. The van der Waals surface area contributed by atoms with Gasteiger partial charge < -0.3 is 27.7 Å². The van der Waals surface area contributed by atoms with Crippen molar-refractivity contribution in [1.29, 1.82) is 0 Å². The van der Waals surface area contributed by atoms with Gasteiger partial charge in [-0.1, -0.05) is 0 Å². The molecule has 5 heteroatoms. The zero-order valence-electron chi connectivity index (χ0n) is 5.58. The second kappa shape index (κ2) is 4.00. The summed E-state index contributed by atoms with van der Waals surface area (Å²) in [4.78, 5) is 2.57. The minimum absolute atomic E-state index is 0. The summed E-state index contributed by atoms with van der Waals surface area (Å²) in [6.07, 6.45) is 1.43. The van der Waals surface area contributed by atoms with Gasteiger partial charge in [0.25, 0.3) is 5.69 Å². The van der Waals surface area contributed by atoms with Gasteiger partial charge in [0.1, 0.15) is 6.61 Å². The number of rotatable bonds is 1. The molecule has 4 nitrogen and oxygen atoms in total. The molecular formula is C6H8ClNO3. The van der Waals surface area contributed by atoms with Crippen LogP contribution in [0.2, 0.25) is 0 Å². The van der Waals surface area contributed by atoms with Gasteiger partial charge in [-0.15, -0.1) is 0 Å². The normalized spacial score (nSPS) is 8.82. The average Bonchev–Trinajstić information content (AvgIpc) is 1.95. The molecule has 0 bridgehead atoms. The molecule has 0 aliphatic carbocycles. The molecule has 62 valence electrons. The lowest BCUT2D eigenvalue weighted by atomic mass is 10.3. The van der Waals surface area contributed by atoms with Crippen molar-refractivity contribution >= 4 is 0 Å². The molecule has 1 aromatic heterocycles. The van der Waals surface area contributed by atoms with Gasteiger partial charge in [-0.25, -0.2) is 4.98 Å². The number of aliphatic hydroxyl groups is 1. The van der Waals surface area contributed by atoms with E-state index >= 15 is 0 Å². The number of hydrogen-bond acceptors (Lipinski definition) is 3. The quantitative estimate of drug-likeness (QED) is 0.415. The second-order valence-electron chi connectivity index (χ2n) is 1.85. The summed E-state index contributed by atoms with van der Waals surface area (Å²) in [7, 11) is 0. The van der Waals surface area contributed by atoms with Crippen molar-refractivity contribution in [2.45, 2.75) is 6.61 Å². The first kappa shape index (κ1) is 10.0. The number of aromatic hydroxyl groups is 2. The van der Waals surface area contributed by atoms with Gasteiger partial charge in [-0.3, -0.25) is 0 Å². The summed E-state index contributed by atoms with van der Waals surface area (Å²) >= 11 is 0. The molecule has 0 aromatic carbocycles. The fourth-order valence-corrected chi connectivity index (χ4v) is 0.644. The van der Waals surface area contributed by atoms with E-state index in [2.05, 4.69) is 4.98 Å². The molecule has 0 saturated heterocycles. The lowest BCUT2D eigenvalue weighted by Crippen LogP contribution is -3.00. The van der Waals surface area contributed by atoms with E-state index in [-0.39, 0.29) is 36.2 Å². The van der Waals surface area contributed by atoms with Gasteiger partial charge in [0.05, 0.1) is 0 Å². The van der Waals surface area contributed by atoms with Crippen LogP contribution in [0.15, 0.2) is 12.3 Å². The smallest absolute Gasteiger partial charge is 0.251 e. The molecule has 0 aliphatic rings. The van der Waals surface area contributed by atoms with Crippen LogP contribution in [0.1, 0.15) is 5.69 Å². The first-order valence-electron chi connectivity index (χ1n) is 2.78. The lowest BCUT2D eigenvalue weighted by molar-refractivity contribution is -0.396. The highest BCUT2D eigenvalue weighted by molar-refractivity contribution is 5.36. The van der Waals surface area contributed by atoms with Crippen molar-refractivity contribution in [2.75, 3.05) is 0 Å². The Morgan fingerprint density at radius 2 is 2.00 bits per heavy atom. The Morgan fingerprint density at radius 1 is 1.36 bits per heavy atom. The van der Waals surface area contributed by atoms with Crippen LogP contribution < -0.4 is 17.4 Å². The Bertz CT molecular complexity index is 241. The molecule has 11 heavy (non-hydrogen) atoms. The van der Waals surface area contributed by atoms with E-state index < -0.39 is 0 Å². The second-order valence-corrected chi connectivity index (χ2v) is 1.85. The number of pyridine rings is 1. The van der Waals surface area contributed by atoms with Crippen molar-refractivity contribution in [2.24, 2.45) is 0 Å². The van der Waals surface area contributed by atoms with E-state index in [9.17, 15) is 0 Å². The average molecular weight is 178 g/mol. The van der Waals surface area contributed by atoms with Crippen molar-refractivity contribution in [3.05, 3.63) is 18.0 Å². The minimum Gasteiger partial charge on any atom is -1.00 e. The maximum absolute atomic E-state index is 8.96. The third-order valence-electron chi connectivity index (χ3n) is 1.19. The largest absolute Gasteiger partial charge is 1.00 e. The predicted octanol–water partition coefficient (Wildman–Crippen LogP) is -3.59. The maximum Gasteiger partial charge on any atom is 0.251 e. The number of aromatic amines is 1. The van der Waals surface area contributed by atoms with Crippen molar-refractivity contribution in [3.8, 4) is 11.5 Å². The van der Waals surface area contributed by atoms with Crippen LogP contribution in [-0.4, -0.2) is 15.3 Å². The van der Waals surface area contributed by atoms with E-state index in [1.807, 2.05) is 0 Å². The van der Waals surface area contributed by atoms with Crippen LogP contribution in [0.3, 0.4) is 0 Å². The molecule has 1 aromatic rings. The molecule has 0 spiro atoms. The zero-order chi connectivity index (χ0) is 7.56. The van der Waals surface area contributed by atoms with Crippen molar-refractivity contribution in [3.63, 3.8) is 0 Å². The highest BCUT2D eigenvalue weighted by Gasteiger charge is 2.10. The van der Waals surface area contributed by atoms with Crippen LogP contribution in [0, 0.1) is 0 Å². The van der Waals surface area contributed by atoms with E-state index in [1.54, 1.807) is 0 Å². The van der Waals surface area contributed by atoms with Gasteiger partial charge in [-0.05, 0) is 0 Å². The molecule has 1 heterocycles. The molecule has 0 aliphatic heterocycles. The van der Waals surface area contributed by atoms with Gasteiger partial charge >= 0.3 is 0 Å². The first-order chi connectivity index (χ1) is 4.75. The standard InChI is InChI=1S/C6H7NO3.ClH/c8-3-4-6(10)5(9)1-2-7-4;/h1-2,8,10H,3H2,(H,7,9);1H. The highest BCUT2D eigenvalue weighted by Crippen LogP contribution is 2.23. The Labute approximate surface area is 69.6 Å². The summed E-state index contributed by atoms with van der Waals surface area (Å²) in [6.45, 7) is -0.319. The number of nitrogens with one attached hydrogen (secondary N) is 1. The number of aliphatic hydroxyl groups excluding tert-OH is 1. The fourth-order valence-electron chi connectivity index (χ4n) is 0.644. The SMILES string of the molecule is OCc1[nH+]ccc(O)c1O.[Cl-]. The van der Waals surface area contributed by atoms with Gasteiger partial charge in [0, 0.05) is 6.07 Å². The van der Waals surface area contributed by atoms with Gasteiger partial charge in [0.15, 0.2) is 11.9 Å². The summed E-state index contributed by atoms with van der Waals surface area (Å²) in [5.41, 5.74) is 0.208. The molecule has 0 saturated carbocycles. The van der Waals surface area contributed by atoms with E-state index in [4.69, 9.17) is 15.3 Å². The summed E-state index contributed by atoms with van der Waals surface area (Å²) in [5, 5.41) is 26.3. The fraction of sp³-hybridized carbons (Fsp3) is 0.167. The van der Waals surface area contributed by atoms with Crippen LogP contribution in [-0.2, 0) is 6.61 Å². The highest BCUT2D eigenvalue weighted by atomic mass is 35.5. The molecule has 0 fully saturated rings. The number of halogens is 1. The van der Waals surface area contributed by atoms with E-state index in [0.29, 0.717) is 0 Å². The third kappa shape index (κ3) is 1.96. The Kier molecular flexibility index (Phi) is 3.64. The Morgan fingerprint density at radius 3 is 2.45 bits per heavy atom. The van der Waals surface area contributed by atoms with E-state index in [1.165, 1.54) is 12.3 Å². The zero-order valence-corrected chi connectivity index (χ0v) is 6.34. The molecule has 0 unspecified atom stereocenters. The summed E-state index contributed by atoms with van der Waals surface area (Å²) in [6, 6.07) is 1.30. The van der Waals surface area contributed by atoms with Gasteiger partial charge in [-0.2, -0.15) is 0 Å². The number of H-pyrrole nitrogens is 1. The van der Waals surface area contributed by atoms with Gasteiger partial charge in [0.2, 0.25) is 5.75 Å². The van der Waals surface area contributed by atoms with Crippen LogP contribution in [0.5, 0.6) is 11.5 Å². The predicted molar refractivity (Wildman–Crippen MR) is 32.3 cm³/mol. The van der Waals surface area contributed by atoms with Crippen molar-refractivity contribution < 1.29 is 32.7 Å². The maximum atomic E-state index is 8.96. The molecule has 0 radical (unpaired) electrons. The molecule has 4 N–H and O–H groups in total. The monoisotopic (exact) mass is 177 g/mol. The Balaban J connectivity index is 0.000001000. The van der Waals surface area contributed by atoms with Crippen LogP contribution in [0.25, 0.3) is 0 Å². The number of aromatic nitrogens is 1. The summed E-state index contributed by atoms with van der Waals surface area (Å²) < 4.78 is 0. The Hall–Kier alpha value is -1.000. The number of hydrogen-bond donors (Lipinski definition) is 3. The third-order valence-corrected chi connectivity index (χ3v) is 1.19. The first-order valence-corrected chi connectivity index (χ1v) is 2.78. The van der Waals surface area contributed by atoms with Crippen molar-refractivity contribution in [1.82, 2.24) is 0 Å². The topological polar surface area (TPSA) is 74.8 Å². The van der Waals surface area contributed by atoms with Crippen LogP contribution in [0.4, 0.5) is 0 Å². The molecule has 1 rings (SSSR count). The summed E-state index contributed by atoms with van der Waals surface area (Å²) in [5.74, 6) is -0.534.